The molecule has 2 fully saturated rings. The first-order chi connectivity index (χ1) is 6.16. The Bertz CT molecular complexity index is 206. The molecular weight excluding hydrogens is 168 g/mol. The van der Waals surface area contributed by atoms with Crippen molar-refractivity contribution in [2.24, 2.45) is 5.73 Å². The molecule has 1 amide bonds. The molecule has 2 unspecified atom stereocenters. The van der Waals surface area contributed by atoms with Crippen molar-refractivity contribution >= 4 is 5.91 Å². The number of amides is 1. The first-order valence-electron chi connectivity index (χ1n) is 4.89. The van der Waals surface area contributed by atoms with Gasteiger partial charge < -0.3 is 10.8 Å². The van der Waals surface area contributed by atoms with Crippen molar-refractivity contribution in [2.75, 3.05) is 6.54 Å². The van der Waals surface area contributed by atoms with Crippen LogP contribution in [0.15, 0.2) is 0 Å². The van der Waals surface area contributed by atoms with E-state index in [1.165, 1.54) is 0 Å². The number of nitrogens with zero attached hydrogens (tertiary/aromatic N) is 1. The lowest BCUT2D eigenvalue weighted by atomic mass is 10.00. The van der Waals surface area contributed by atoms with E-state index in [1.807, 2.05) is 0 Å². The number of fused-ring (bicyclic) bond motifs is 2. The summed E-state index contributed by atoms with van der Waals surface area (Å²) < 4.78 is 0. The Morgan fingerprint density at radius 3 is 2.38 bits per heavy atom. The van der Waals surface area contributed by atoms with Gasteiger partial charge >= 0.3 is 0 Å². The van der Waals surface area contributed by atoms with Gasteiger partial charge in [-0.15, -0.1) is 0 Å². The highest BCUT2D eigenvalue weighted by atomic mass is 16.3. The number of carbonyl (C=O) groups is 1. The Morgan fingerprint density at radius 1 is 1.38 bits per heavy atom. The number of piperidine rings is 1. The molecule has 4 heteroatoms. The lowest BCUT2D eigenvalue weighted by Gasteiger charge is -2.36. The van der Waals surface area contributed by atoms with Gasteiger partial charge in [0.1, 0.15) is 0 Å². The SMILES string of the molecule is NC(=O)CN1C2CCC1CC(O)C2. The fraction of sp³-hybridized carbons (Fsp3) is 0.889. The number of primary amides is 1. The zero-order chi connectivity index (χ0) is 9.42. The molecule has 2 atom stereocenters. The van der Waals surface area contributed by atoms with E-state index in [1.54, 1.807) is 0 Å². The van der Waals surface area contributed by atoms with Crippen LogP contribution in [0.1, 0.15) is 25.7 Å². The van der Waals surface area contributed by atoms with Gasteiger partial charge in [0, 0.05) is 12.1 Å². The molecule has 4 nitrogen and oxygen atoms in total. The number of rotatable bonds is 2. The third-order valence-corrected chi connectivity index (χ3v) is 3.20. The third-order valence-electron chi connectivity index (χ3n) is 3.20. The Labute approximate surface area is 77.7 Å². The van der Waals surface area contributed by atoms with Crippen molar-refractivity contribution in [2.45, 2.75) is 43.9 Å². The second-order valence-corrected chi connectivity index (χ2v) is 4.15. The quantitative estimate of drug-likeness (QED) is 0.605. The fourth-order valence-electron chi connectivity index (χ4n) is 2.68. The minimum absolute atomic E-state index is 0.165. The van der Waals surface area contributed by atoms with E-state index in [0.717, 1.165) is 25.7 Å². The van der Waals surface area contributed by atoms with E-state index >= 15 is 0 Å². The average molecular weight is 184 g/mol. The molecule has 0 spiro atoms. The van der Waals surface area contributed by atoms with Crippen LogP contribution in [0.2, 0.25) is 0 Å². The Morgan fingerprint density at radius 2 is 1.92 bits per heavy atom. The highest BCUT2D eigenvalue weighted by Crippen LogP contribution is 2.35. The van der Waals surface area contributed by atoms with Crippen molar-refractivity contribution in [3.05, 3.63) is 0 Å². The van der Waals surface area contributed by atoms with Gasteiger partial charge in [-0.3, -0.25) is 9.69 Å². The van der Waals surface area contributed by atoms with Crippen LogP contribution in [0.5, 0.6) is 0 Å². The smallest absolute Gasteiger partial charge is 0.231 e. The molecular formula is C9H16N2O2. The number of nitrogens with two attached hydrogens (primary N) is 1. The molecule has 0 saturated carbocycles. The molecule has 2 rings (SSSR count). The average Bonchev–Trinajstić information content (AvgIpc) is 2.32. The lowest BCUT2D eigenvalue weighted by molar-refractivity contribution is -0.120. The van der Waals surface area contributed by atoms with Gasteiger partial charge in [-0.1, -0.05) is 0 Å². The van der Waals surface area contributed by atoms with Gasteiger partial charge in [0.25, 0.3) is 0 Å². The van der Waals surface area contributed by atoms with E-state index in [9.17, 15) is 9.90 Å². The molecule has 3 N–H and O–H groups in total. The molecule has 2 aliphatic heterocycles. The Hall–Kier alpha value is -0.610. The number of hydrogen-bond acceptors (Lipinski definition) is 3. The van der Waals surface area contributed by atoms with E-state index < -0.39 is 0 Å². The molecule has 2 heterocycles. The minimum atomic E-state index is -0.256. The molecule has 2 saturated heterocycles. The maximum atomic E-state index is 10.8. The van der Waals surface area contributed by atoms with Gasteiger partial charge in [0.05, 0.1) is 12.6 Å². The number of carbonyl (C=O) groups excluding carboxylic acids is 1. The van der Waals surface area contributed by atoms with Crippen LogP contribution in [0.3, 0.4) is 0 Å². The second kappa shape index (κ2) is 3.27. The van der Waals surface area contributed by atoms with Crippen molar-refractivity contribution in [1.29, 1.82) is 0 Å². The summed E-state index contributed by atoms with van der Waals surface area (Å²) in [5.41, 5.74) is 5.17. The summed E-state index contributed by atoms with van der Waals surface area (Å²) in [7, 11) is 0. The van der Waals surface area contributed by atoms with Gasteiger partial charge in [-0.2, -0.15) is 0 Å². The normalized spacial score (nSPS) is 39.3. The zero-order valence-corrected chi connectivity index (χ0v) is 7.65. The maximum Gasteiger partial charge on any atom is 0.231 e. The van der Waals surface area contributed by atoms with E-state index in [0.29, 0.717) is 18.6 Å². The predicted molar refractivity (Wildman–Crippen MR) is 48.0 cm³/mol. The molecule has 0 aromatic rings. The molecule has 13 heavy (non-hydrogen) atoms. The van der Waals surface area contributed by atoms with E-state index in [-0.39, 0.29) is 12.0 Å². The van der Waals surface area contributed by atoms with Crippen molar-refractivity contribution in [1.82, 2.24) is 4.90 Å². The van der Waals surface area contributed by atoms with Crippen LogP contribution < -0.4 is 5.73 Å². The number of aliphatic hydroxyl groups excluding tert-OH is 1. The summed E-state index contributed by atoms with van der Waals surface area (Å²) in [5.74, 6) is -0.256. The number of aliphatic hydroxyl groups is 1. The lowest BCUT2D eigenvalue weighted by Crippen LogP contribution is -2.48. The maximum absolute atomic E-state index is 10.8. The van der Waals surface area contributed by atoms with Crippen LogP contribution in [-0.2, 0) is 4.79 Å². The van der Waals surface area contributed by atoms with Crippen LogP contribution >= 0.6 is 0 Å². The summed E-state index contributed by atoms with van der Waals surface area (Å²) in [6.45, 7) is 0.363. The summed E-state index contributed by atoms with van der Waals surface area (Å²) in [5, 5.41) is 9.50. The van der Waals surface area contributed by atoms with Gasteiger partial charge in [0.15, 0.2) is 0 Å². The van der Waals surface area contributed by atoms with Crippen LogP contribution in [0.4, 0.5) is 0 Å². The highest BCUT2D eigenvalue weighted by molar-refractivity contribution is 5.76. The zero-order valence-electron chi connectivity index (χ0n) is 7.65. The minimum Gasteiger partial charge on any atom is -0.393 e. The molecule has 0 aromatic carbocycles. The third kappa shape index (κ3) is 1.69. The monoisotopic (exact) mass is 184 g/mol. The molecule has 0 aliphatic carbocycles. The van der Waals surface area contributed by atoms with Crippen molar-refractivity contribution < 1.29 is 9.90 Å². The summed E-state index contributed by atoms with van der Waals surface area (Å²) in [6, 6.07) is 0.780. The topological polar surface area (TPSA) is 66.6 Å². The fourth-order valence-corrected chi connectivity index (χ4v) is 2.68. The Kier molecular flexibility index (Phi) is 2.26. The van der Waals surface area contributed by atoms with Gasteiger partial charge in [0.2, 0.25) is 5.91 Å². The standard InChI is InChI=1S/C9H16N2O2/c10-9(13)5-11-6-1-2-7(11)4-8(12)3-6/h6-8,12H,1-5H2,(H2,10,13). The molecule has 2 aliphatic rings. The van der Waals surface area contributed by atoms with Crippen molar-refractivity contribution in [3.8, 4) is 0 Å². The highest BCUT2D eigenvalue weighted by Gasteiger charge is 2.40. The first kappa shape index (κ1) is 8.97. The number of hydrogen-bond donors (Lipinski definition) is 2. The van der Waals surface area contributed by atoms with Crippen LogP contribution in [0, 0.1) is 0 Å². The van der Waals surface area contributed by atoms with E-state index in [4.69, 9.17) is 5.73 Å². The largest absolute Gasteiger partial charge is 0.393 e. The predicted octanol–water partition coefficient (Wildman–Crippen LogP) is -0.541. The van der Waals surface area contributed by atoms with E-state index in [2.05, 4.69) is 4.90 Å². The van der Waals surface area contributed by atoms with Crippen molar-refractivity contribution in [3.63, 3.8) is 0 Å². The summed E-state index contributed by atoms with van der Waals surface area (Å²) in [4.78, 5) is 12.9. The first-order valence-corrected chi connectivity index (χ1v) is 4.89. The summed E-state index contributed by atoms with van der Waals surface area (Å²) in [6.07, 6.45) is 3.67. The molecule has 0 radical (unpaired) electrons. The molecule has 2 bridgehead atoms. The second-order valence-electron chi connectivity index (χ2n) is 4.15. The van der Waals surface area contributed by atoms with Gasteiger partial charge in [-0.25, -0.2) is 0 Å². The molecule has 0 aromatic heterocycles. The van der Waals surface area contributed by atoms with Gasteiger partial charge in [-0.05, 0) is 25.7 Å². The Balaban J connectivity index is 2.02. The molecule has 74 valence electrons. The van der Waals surface area contributed by atoms with Crippen LogP contribution in [-0.4, -0.2) is 40.6 Å². The summed E-state index contributed by atoms with van der Waals surface area (Å²) >= 11 is 0. The van der Waals surface area contributed by atoms with Crippen LogP contribution in [0.25, 0.3) is 0 Å².